The van der Waals surface area contributed by atoms with Crippen molar-refractivity contribution in [2.24, 2.45) is 5.92 Å². The zero-order valence-corrected chi connectivity index (χ0v) is 20.9. The highest BCUT2D eigenvalue weighted by Gasteiger charge is 2.38. The fourth-order valence-electron chi connectivity index (χ4n) is 4.25. The summed E-state index contributed by atoms with van der Waals surface area (Å²) < 4.78 is 36.2. The third kappa shape index (κ3) is 4.28. The van der Waals surface area contributed by atoms with Gasteiger partial charge in [0, 0.05) is 49.4 Å². The van der Waals surface area contributed by atoms with Gasteiger partial charge in [-0.2, -0.15) is 5.10 Å². The number of ether oxygens (including phenoxy) is 1. The second kappa shape index (κ2) is 8.56. The summed E-state index contributed by atoms with van der Waals surface area (Å²) in [6.07, 6.45) is 1.85. The Labute approximate surface area is 201 Å². The summed E-state index contributed by atoms with van der Waals surface area (Å²) in [5, 5.41) is 14.0. The molecule has 34 heavy (non-hydrogen) atoms. The number of nitrogens with one attached hydrogen (secondary N) is 1. The molecule has 0 radical (unpaired) electrons. The van der Waals surface area contributed by atoms with Crippen LogP contribution in [0, 0.1) is 5.92 Å². The summed E-state index contributed by atoms with van der Waals surface area (Å²) in [6, 6.07) is 3.28. The number of amides is 1. The van der Waals surface area contributed by atoms with Crippen LogP contribution in [0.15, 0.2) is 28.7 Å². The smallest absolute Gasteiger partial charge is 0.241 e. The molecule has 2 aromatic heterocycles. The highest BCUT2D eigenvalue weighted by molar-refractivity contribution is 7.89. The van der Waals surface area contributed by atoms with Crippen LogP contribution >= 0.6 is 11.3 Å². The van der Waals surface area contributed by atoms with Gasteiger partial charge >= 0.3 is 0 Å². The van der Waals surface area contributed by atoms with E-state index in [-0.39, 0.29) is 16.7 Å². The fraction of sp³-hybridized carbons (Fsp3) is 0.524. The van der Waals surface area contributed by atoms with Crippen molar-refractivity contribution in [3.63, 3.8) is 0 Å². The SMILES string of the molecule is CC(C)C(=O)N1CCN(c2cc(S(=O)(=O)NC3(C)COC3)cc3nn(-c4nncs4)cc23)CC1. The number of carbonyl (C=O) groups excluding carboxylic acids is 1. The van der Waals surface area contributed by atoms with Gasteiger partial charge in [0.25, 0.3) is 0 Å². The van der Waals surface area contributed by atoms with E-state index in [1.54, 1.807) is 22.3 Å². The highest BCUT2D eigenvalue weighted by Crippen LogP contribution is 2.33. The van der Waals surface area contributed by atoms with Gasteiger partial charge in [-0.3, -0.25) is 4.79 Å². The molecule has 2 fully saturated rings. The minimum Gasteiger partial charge on any atom is -0.377 e. The van der Waals surface area contributed by atoms with E-state index >= 15 is 0 Å². The van der Waals surface area contributed by atoms with E-state index in [2.05, 4.69) is 24.9 Å². The minimum atomic E-state index is -3.81. The number of hydrogen-bond acceptors (Lipinski definition) is 9. The van der Waals surface area contributed by atoms with Gasteiger partial charge in [0.2, 0.25) is 21.1 Å². The Bertz CT molecular complexity index is 1310. The Hall–Kier alpha value is -2.61. The van der Waals surface area contributed by atoms with Crippen molar-refractivity contribution in [2.75, 3.05) is 44.3 Å². The number of sulfonamides is 1. The van der Waals surface area contributed by atoms with Crippen LogP contribution in [0.2, 0.25) is 0 Å². The number of rotatable bonds is 6. The number of anilines is 1. The third-order valence-electron chi connectivity index (χ3n) is 6.08. The van der Waals surface area contributed by atoms with Gasteiger partial charge < -0.3 is 14.5 Å². The molecule has 0 saturated carbocycles. The van der Waals surface area contributed by atoms with E-state index in [9.17, 15) is 13.2 Å². The normalized spacial score (nSPS) is 18.5. The summed E-state index contributed by atoms with van der Waals surface area (Å²) >= 11 is 1.34. The van der Waals surface area contributed by atoms with Crippen molar-refractivity contribution in [3.05, 3.63) is 23.8 Å². The second-order valence-corrected chi connectivity index (χ2v) is 11.8. The maximum Gasteiger partial charge on any atom is 0.241 e. The van der Waals surface area contributed by atoms with Crippen LogP contribution in [0.1, 0.15) is 20.8 Å². The monoisotopic (exact) mass is 505 g/mol. The van der Waals surface area contributed by atoms with Crippen LogP contribution in [0.5, 0.6) is 0 Å². The van der Waals surface area contributed by atoms with Gasteiger partial charge in [0.1, 0.15) is 5.51 Å². The predicted octanol–water partition coefficient (Wildman–Crippen LogP) is 1.25. The van der Waals surface area contributed by atoms with Crippen molar-refractivity contribution in [1.29, 1.82) is 0 Å². The summed E-state index contributed by atoms with van der Waals surface area (Å²) in [4.78, 5) is 16.6. The van der Waals surface area contributed by atoms with E-state index in [1.165, 1.54) is 11.3 Å². The van der Waals surface area contributed by atoms with Gasteiger partial charge in [-0.25, -0.2) is 17.8 Å². The molecule has 0 bridgehead atoms. The molecule has 11 nitrogen and oxygen atoms in total. The Kier molecular flexibility index (Phi) is 5.82. The lowest BCUT2D eigenvalue weighted by molar-refractivity contribution is -0.134. The lowest BCUT2D eigenvalue weighted by atomic mass is 10.0. The number of aromatic nitrogens is 4. The maximum absolute atomic E-state index is 13.3. The van der Waals surface area contributed by atoms with Crippen LogP contribution in [0.4, 0.5) is 5.69 Å². The molecule has 2 aliphatic rings. The topological polar surface area (TPSA) is 123 Å². The quantitative estimate of drug-likeness (QED) is 0.531. The first-order chi connectivity index (χ1) is 16.2. The molecule has 0 aliphatic carbocycles. The van der Waals surface area contributed by atoms with Crippen LogP contribution in [0.3, 0.4) is 0 Å². The molecule has 1 aromatic carbocycles. The number of fused-ring (bicyclic) bond motifs is 1. The average molecular weight is 506 g/mol. The van der Waals surface area contributed by atoms with Crippen molar-refractivity contribution in [3.8, 4) is 5.13 Å². The molecular formula is C21H27N7O4S2. The highest BCUT2D eigenvalue weighted by atomic mass is 32.2. The van der Waals surface area contributed by atoms with E-state index in [0.717, 1.165) is 11.1 Å². The third-order valence-corrected chi connectivity index (χ3v) is 8.38. The molecule has 2 aliphatic heterocycles. The van der Waals surface area contributed by atoms with Gasteiger partial charge in [-0.05, 0) is 19.1 Å². The molecule has 1 N–H and O–H groups in total. The van der Waals surface area contributed by atoms with E-state index in [4.69, 9.17) is 4.74 Å². The summed E-state index contributed by atoms with van der Waals surface area (Å²) in [5.74, 6) is 0.0742. The molecule has 5 rings (SSSR count). The standard InChI is InChI=1S/C21H27N7O4S2/c1-14(2)19(29)27-6-4-26(5-7-27)18-9-15(34(30,31)25-21(3)11-32-12-21)8-17-16(18)10-28(24-17)20-23-22-13-33-20/h8-10,13-14,25H,4-7,11-12H2,1-3H3. The van der Waals surface area contributed by atoms with Crippen molar-refractivity contribution in [2.45, 2.75) is 31.2 Å². The van der Waals surface area contributed by atoms with Crippen LogP contribution in [-0.2, 0) is 19.6 Å². The van der Waals surface area contributed by atoms with E-state index in [0.29, 0.717) is 50.0 Å². The largest absolute Gasteiger partial charge is 0.377 e. The molecule has 13 heteroatoms. The molecule has 0 spiro atoms. The van der Waals surface area contributed by atoms with Crippen molar-refractivity contribution >= 4 is 43.9 Å². The lowest BCUT2D eigenvalue weighted by Gasteiger charge is -2.38. The number of piperazine rings is 1. The van der Waals surface area contributed by atoms with Gasteiger partial charge in [0.05, 0.1) is 29.2 Å². The lowest BCUT2D eigenvalue weighted by Crippen LogP contribution is -2.59. The molecule has 0 unspecified atom stereocenters. The molecular weight excluding hydrogens is 478 g/mol. The van der Waals surface area contributed by atoms with E-state index < -0.39 is 15.6 Å². The molecule has 182 valence electrons. The van der Waals surface area contributed by atoms with Crippen molar-refractivity contribution in [1.82, 2.24) is 29.6 Å². The Balaban J connectivity index is 1.53. The van der Waals surface area contributed by atoms with Crippen LogP contribution < -0.4 is 9.62 Å². The second-order valence-electron chi connectivity index (χ2n) is 9.30. The number of nitrogens with zero attached hydrogens (tertiary/aromatic N) is 6. The maximum atomic E-state index is 13.3. The van der Waals surface area contributed by atoms with Crippen LogP contribution in [0.25, 0.3) is 16.0 Å². The Morgan fingerprint density at radius 1 is 1.21 bits per heavy atom. The first kappa shape index (κ1) is 23.1. The number of benzene rings is 1. The Morgan fingerprint density at radius 3 is 2.53 bits per heavy atom. The number of hydrogen-bond donors (Lipinski definition) is 1. The first-order valence-corrected chi connectivity index (χ1v) is 13.5. The van der Waals surface area contributed by atoms with Gasteiger partial charge in [-0.15, -0.1) is 10.2 Å². The molecule has 3 aromatic rings. The number of carbonyl (C=O) groups is 1. The zero-order chi connectivity index (χ0) is 24.1. The zero-order valence-electron chi connectivity index (χ0n) is 19.3. The van der Waals surface area contributed by atoms with E-state index in [1.807, 2.05) is 31.9 Å². The first-order valence-electron chi connectivity index (χ1n) is 11.1. The molecule has 0 atom stereocenters. The fourth-order valence-corrected chi connectivity index (χ4v) is 6.15. The van der Waals surface area contributed by atoms with Gasteiger partial charge in [-0.1, -0.05) is 25.2 Å². The molecule has 4 heterocycles. The summed E-state index contributed by atoms with van der Waals surface area (Å²) in [5.41, 5.74) is 2.31. The Morgan fingerprint density at radius 2 is 1.94 bits per heavy atom. The summed E-state index contributed by atoms with van der Waals surface area (Å²) in [6.45, 7) is 8.63. The predicted molar refractivity (Wildman–Crippen MR) is 128 cm³/mol. The molecule has 1 amide bonds. The van der Waals surface area contributed by atoms with Crippen molar-refractivity contribution < 1.29 is 17.9 Å². The minimum absolute atomic E-state index is 0.0558. The summed E-state index contributed by atoms with van der Waals surface area (Å²) in [7, 11) is -3.81. The van der Waals surface area contributed by atoms with Gasteiger partial charge in [0.15, 0.2) is 0 Å². The molecule has 2 saturated heterocycles. The van der Waals surface area contributed by atoms with Crippen LogP contribution in [-0.4, -0.2) is 84.1 Å². The average Bonchev–Trinajstić information content (AvgIpc) is 3.46.